The van der Waals surface area contributed by atoms with Gasteiger partial charge in [-0.25, -0.2) is 0 Å². The zero-order valence-electron chi connectivity index (χ0n) is 20.8. The monoisotopic (exact) mass is 550 g/mol. The normalized spacial score (nSPS) is 10.7. The summed E-state index contributed by atoms with van der Waals surface area (Å²) in [4.78, 5) is 0. The Morgan fingerprint density at radius 3 is 1.31 bits per heavy atom. The van der Waals surface area contributed by atoms with Gasteiger partial charge in [-0.15, -0.1) is 0 Å². The first-order valence-corrected chi connectivity index (χ1v) is 19.8. The summed E-state index contributed by atoms with van der Waals surface area (Å²) >= 11 is 7.68. The van der Waals surface area contributed by atoms with Gasteiger partial charge in [0.2, 0.25) is 0 Å². The average Bonchev–Trinajstić information content (AvgIpc) is 2.65. The van der Waals surface area contributed by atoms with Crippen LogP contribution in [0.25, 0.3) is 0 Å². The molecule has 0 aromatic heterocycles. The molecule has 0 amide bonds. The molecule has 0 spiro atoms. The van der Waals surface area contributed by atoms with E-state index in [1.807, 2.05) is 0 Å². The maximum absolute atomic E-state index is 4.35. The fourth-order valence-electron chi connectivity index (χ4n) is 3.79. The molecule has 0 unspecified atom stereocenters. The van der Waals surface area contributed by atoms with Crippen LogP contribution in [0.1, 0.15) is 137 Å². The summed E-state index contributed by atoms with van der Waals surface area (Å²) in [6, 6.07) is 0. The van der Waals surface area contributed by atoms with Crippen LogP contribution in [-0.4, -0.2) is 24.0 Å². The quantitative estimate of drug-likeness (QED) is 0.0641. The Morgan fingerprint density at radius 2 is 0.966 bits per heavy atom. The van der Waals surface area contributed by atoms with E-state index in [9.17, 15) is 0 Å². The average molecular weight is 550 g/mol. The summed E-state index contributed by atoms with van der Waals surface area (Å²) in [5.74, 6) is 0.907. The summed E-state index contributed by atoms with van der Waals surface area (Å²) in [5, 5.41) is 0. The first-order chi connectivity index (χ1) is 13.9. The molecule has 0 aliphatic carbocycles. The molecule has 0 saturated carbocycles. The Balaban J connectivity index is 0. The maximum atomic E-state index is 4.35. The molecule has 0 bridgehead atoms. The van der Waals surface area contributed by atoms with E-state index < -0.39 is 19.8 Å². The molecule has 3 heteroatoms. The van der Waals surface area contributed by atoms with E-state index in [0.29, 0.717) is 4.20 Å². The molecule has 0 aromatic rings. The van der Waals surface area contributed by atoms with Crippen LogP contribution < -0.4 is 0 Å². The van der Waals surface area contributed by atoms with Gasteiger partial charge in [-0.1, -0.05) is 6.92 Å². The summed E-state index contributed by atoms with van der Waals surface area (Å²) in [5.41, 5.74) is 0. The first kappa shape index (κ1) is 32.3. The SMILES string of the molecule is CC(=S)[S-].CCCCCCC[CH2][Sn+]([CH2]CCCCCCC)[CH2]CCCCC(C)C. The summed E-state index contributed by atoms with van der Waals surface area (Å²) < 4.78 is 5.73. The molecule has 174 valence electrons. The molecule has 0 rings (SSSR count). The van der Waals surface area contributed by atoms with Crippen LogP contribution in [0.5, 0.6) is 0 Å². The zero-order chi connectivity index (χ0) is 22.2. The van der Waals surface area contributed by atoms with Crippen LogP contribution in [0.2, 0.25) is 13.3 Å². The van der Waals surface area contributed by atoms with E-state index in [2.05, 4.69) is 52.5 Å². The molecule has 0 nitrogen and oxygen atoms in total. The Morgan fingerprint density at radius 1 is 0.655 bits per heavy atom. The summed E-state index contributed by atoms with van der Waals surface area (Å²) in [7, 11) is 0. The molecule has 0 radical (unpaired) electrons. The van der Waals surface area contributed by atoms with Crippen LogP contribution in [0, 0.1) is 5.92 Å². The predicted octanol–water partition coefficient (Wildman–Crippen LogP) is 10.3. The predicted molar refractivity (Wildman–Crippen MR) is 146 cm³/mol. The third-order valence-corrected chi connectivity index (χ3v) is 14.7. The molecule has 29 heavy (non-hydrogen) atoms. The van der Waals surface area contributed by atoms with Crippen molar-refractivity contribution in [1.82, 2.24) is 0 Å². The molecule has 0 heterocycles. The van der Waals surface area contributed by atoms with Gasteiger partial charge in [0.05, 0.1) is 0 Å². The van der Waals surface area contributed by atoms with E-state index in [0.717, 1.165) is 5.92 Å². The Kier molecular flexibility index (Phi) is 30.2. The van der Waals surface area contributed by atoms with Crippen LogP contribution in [0.4, 0.5) is 0 Å². The zero-order valence-corrected chi connectivity index (χ0v) is 25.3. The van der Waals surface area contributed by atoms with Crippen molar-refractivity contribution in [2.24, 2.45) is 5.92 Å². The number of hydrogen-bond acceptors (Lipinski definition) is 2. The van der Waals surface area contributed by atoms with Gasteiger partial charge in [-0.2, -0.15) is 4.20 Å². The number of rotatable bonds is 20. The second-order valence-corrected chi connectivity index (χ2v) is 19.3. The van der Waals surface area contributed by atoms with E-state index in [1.54, 1.807) is 39.5 Å². The van der Waals surface area contributed by atoms with E-state index >= 15 is 0 Å². The van der Waals surface area contributed by atoms with Crippen molar-refractivity contribution in [2.75, 3.05) is 0 Å². The second kappa shape index (κ2) is 27.1. The van der Waals surface area contributed by atoms with Gasteiger partial charge in [-0.05, 0) is 0 Å². The minimum atomic E-state index is -1.02. The third-order valence-electron chi connectivity index (χ3n) is 5.58. The molecular weight excluding hydrogens is 495 g/mol. The molecule has 0 aliphatic rings. The van der Waals surface area contributed by atoms with Gasteiger partial charge in [-0.3, -0.25) is 0 Å². The topological polar surface area (TPSA) is 0 Å². The number of thiocarbonyl (C=S) groups is 1. The van der Waals surface area contributed by atoms with Crippen LogP contribution in [-0.2, 0) is 12.6 Å². The van der Waals surface area contributed by atoms with Crippen molar-refractivity contribution < 1.29 is 0 Å². The molecule has 0 atom stereocenters. The van der Waals surface area contributed by atoms with Crippen molar-refractivity contribution in [2.45, 2.75) is 151 Å². The van der Waals surface area contributed by atoms with Crippen molar-refractivity contribution in [3.8, 4) is 0 Å². The standard InChI is InChI=1S/3C8H17.C2H4S2.Sn/c1-4-5-6-7-8(2)3;2*1-3-5-7-8-6-4-2;1-2(3)4;/h8H,1,4-7H2,2-3H3;2*1,3-8H2,2H3;1H3,(H,3,4);/q;;;;+1/p-1. The fraction of sp³-hybridized carbons (Fsp3) is 0.962. The van der Waals surface area contributed by atoms with Gasteiger partial charge in [0.15, 0.2) is 0 Å². The molecule has 0 aromatic carbocycles. The van der Waals surface area contributed by atoms with Crippen molar-refractivity contribution in [3.05, 3.63) is 0 Å². The van der Waals surface area contributed by atoms with Gasteiger partial charge in [0, 0.05) is 0 Å². The van der Waals surface area contributed by atoms with E-state index in [-0.39, 0.29) is 0 Å². The Bertz CT molecular complexity index is 298. The van der Waals surface area contributed by atoms with Crippen LogP contribution >= 0.6 is 12.2 Å². The van der Waals surface area contributed by atoms with Gasteiger partial charge >= 0.3 is 169 Å². The van der Waals surface area contributed by atoms with Crippen molar-refractivity contribution in [3.63, 3.8) is 0 Å². The molecular formula is C26H54S2Sn. The molecule has 0 aliphatic heterocycles. The fourth-order valence-corrected chi connectivity index (χ4v) is 12.4. The van der Waals surface area contributed by atoms with Gasteiger partial charge in [0.25, 0.3) is 0 Å². The molecule has 0 N–H and O–H groups in total. The van der Waals surface area contributed by atoms with Crippen molar-refractivity contribution >= 4 is 48.8 Å². The van der Waals surface area contributed by atoms with Crippen LogP contribution in [0.15, 0.2) is 0 Å². The minimum absolute atomic E-state index is 0.583. The number of hydrogen-bond donors (Lipinski definition) is 0. The Hall–Kier alpha value is 1.11. The van der Waals surface area contributed by atoms with Crippen molar-refractivity contribution in [1.29, 1.82) is 0 Å². The van der Waals surface area contributed by atoms with E-state index in [1.165, 1.54) is 83.5 Å². The van der Waals surface area contributed by atoms with Gasteiger partial charge in [0.1, 0.15) is 0 Å². The van der Waals surface area contributed by atoms with E-state index in [4.69, 9.17) is 0 Å². The third kappa shape index (κ3) is 33.9. The first-order valence-electron chi connectivity index (χ1n) is 12.9. The molecule has 0 fully saturated rings. The summed E-state index contributed by atoms with van der Waals surface area (Å²) in [6.45, 7) is 11.1. The number of unbranched alkanes of at least 4 members (excludes halogenated alkanes) is 12. The Labute approximate surface area is 204 Å². The second-order valence-electron chi connectivity index (χ2n) is 9.27. The van der Waals surface area contributed by atoms with Crippen LogP contribution in [0.3, 0.4) is 0 Å². The summed E-state index contributed by atoms with van der Waals surface area (Å²) in [6.07, 6.45) is 24.0. The van der Waals surface area contributed by atoms with Gasteiger partial charge < -0.3 is 24.8 Å². The molecule has 0 saturated heterocycles.